The van der Waals surface area contributed by atoms with Gasteiger partial charge < -0.3 is 0 Å². The zero-order chi connectivity index (χ0) is 11.9. The molecule has 0 aliphatic carbocycles. The second-order valence-electron chi connectivity index (χ2n) is 3.63. The number of benzene rings is 2. The Morgan fingerprint density at radius 1 is 0.941 bits per heavy atom. The van der Waals surface area contributed by atoms with Crippen molar-refractivity contribution < 1.29 is 4.39 Å². The molecule has 0 saturated heterocycles. The average Bonchev–Trinajstić information content (AvgIpc) is 2.39. The summed E-state index contributed by atoms with van der Waals surface area (Å²) in [5.74, 6) is 0.663. The lowest BCUT2D eigenvalue weighted by Crippen LogP contribution is -1.78. The van der Waals surface area contributed by atoms with E-state index >= 15 is 0 Å². The van der Waals surface area contributed by atoms with Gasteiger partial charge >= 0.3 is 0 Å². The maximum absolute atomic E-state index is 13.6. The minimum absolute atomic E-state index is 0.153. The van der Waals surface area contributed by atoms with Crippen LogP contribution in [0.4, 0.5) is 4.39 Å². The van der Waals surface area contributed by atoms with Crippen LogP contribution in [0.5, 0.6) is 0 Å². The fraction of sp³-hybridized carbons (Fsp3) is 0.0667. The molecule has 0 atom stereocenters. The van der Waals surface area contributed by atoms with Crippen LogP contribution in [0.1, 0.15) is 11.1 Å². The summed E-state index contributed by atoms with van der Waals surface area (Å²) in [7, 11) is 0. The van der Waals surface area contributed by atoms with Crippen molar-refractivity contribution in [3.8, 4) is 0 Å². The Labute approximate surface area is 105 Å². The summed E-state index contributed by atoms with van der Waals surface area (Å²) in [5, 5.41) is -0.153. The van der Waals surface area contributed by atoms with E-state index in [1.54, 1.807) is 6.08 Å². The second-order valence-corrected chi connectivity index (χ2v) is 4.60. The first-order valence-corrected chi connectivity index (χ1v) is 6.42. The molecule has 0 heterocycles. The topological polar surface area (TPSA) is 0 Å². The van der Waals surface area contributed by atoms with Crippen molar-refractivity contribution in [2.75, 3.05) is 0 Å². The first-order valence-electron chi connectivity index (χ1n) is 5.43. The van der Waals surface area contributed by atoms with Crippen molar-refractivity contribution >= 4 is 17.8 Å². The molecule has 0 aliphatic heterocycles. The van der Waals surface area contributed by atoms with Gasteiger partial charge in [-0.25, -0.2) is 0 Å². The molecule has 0 aromatic heterocycles. The van der Waals surface area contributed by atoms with E-state index in [0.717, 1.165) is 11.1 Å². The normalized spacial score (nSPS) is 11.5. The highest BCUT2D eigenvalue weighted by atomic mass is 32.2. The Hall–Kier alpha value is -1.54. The molecule has 2 heteroatoms. The van der Waals surface area contributed by atoms with Gasteiger partial charge in [0.2, 0.25) is 0 Å². The van der Waals surface area contributed by atoms with Crippen molar-refractivity contribution in [3.05, 3.63) is 76.9 Å². The minimum Gasteiger partial charge on any atom is -0.199 e. The summed E-state index contributed by atoms with van der Waals surface area (Å²) in [6.45, 7) is 0. The fourth-order valence-electron chi connectivity index (χ4n) is 1.45. The van der Waals surface area contributed by atoms with Gasteiger partial charge in [-0.3, -0.25) is 0 Å². The average molecular weight is 244 g/mol. The highest BCUT2D eigenvalue weighted by Crippen LogP contribution is 2.24. The van der Waals surface area contributed by atoms with Crippen LogP contribution in [0, 0.1) is 0 Å². The Kier molecular flexibility index (Phi) is 4.39. The zero-order valence-electron chi connectivity index (χ0n) is 9.34. The Bertz CT molecular complexity index is 477. The Balaban J connectivity index is 1.94. The number of halogens is 1. The van der Waals surface area contributed by atoms with Gasteiger partial charge in [0.25, 0.3) is 0 Å². The van der Waals surface area contributed by atoms with E-state index < -0.39 is 0 Å². The number of hydrogen-bond donors (Lipinski definition) is 0. The third kappa shape index (κ3) is 4.08. The second kappa shape index (κ2) is 6.26. The molecule has 86 valence electrons. The maximum atomic E-state index is 13.6. The molecule has 2 aromatic carbocycles. The molecule has 0 nitrogen and oxygen atoms in total. The Morgan fingerprint density at radius 3 is 2.18 bits per heavy atom. The molecule has 17 heavy (non-hydrogen) atoms. The van der Waals surface area contributed by atoms with Gasteiger partial charge in [0, 0.05) is 5.75 Å². The minimum atomic E-state index is -0.153. The summed E-state index contributed by atoms with van der Waals surface area (Å²) in [6, 6.07) is 19.4. The summed E-state index contributed by atoms with van der Waals surface area (Å²) in [6.07, 6.45) is 1.56. The predicted octanol–water partition coefficient (Wildman–Crippen LogP) is 4.89. The van der Waals surface area contributed by atoms with Crippen molar-refractivity contribution in [1.82, 2.24) is 0 Å². The van der Waals surface area contributed by atoms with E-state index in [1.165, 1.54) is 11.8 Å². The molecule has 0 unspecified atom stereocenters. The van der Waals surface area contributed by atoms with Crippen LogP contribution < -0.4 is 0 Å². The van der Waals surface area contributed by atoms with Crippen molar-refractivity contribution in [2.24, 2.45) is 0 Å². The number of rotatable bonds is 4. The van der Waals surface area contributed by atoms with E-state index in [2.05, 4.69) is 0 Å². The molecule has 0 radical (unpaired) electrons. The lowest BCUT2D eigenvalue weighted by atomic mass is 10.2. The molecule has 2 aromatic rings. The van der Waals surface area contributed by atoms with E-state index in [-0.39, 0.29) is 5.16 Å². The van der Waals surface area contributed by atoms with Crippen molar-refractivity contribution in [3.63, 3.8) is 0 Å². The van der Waals surface area contributed by atoms with Crippen LogP contribution in [-0.2, 0) is 5.75 Å². The molecule has 0 bridgehead atoms. The number of hydrogen-bond acceptors (Lipinski definition) is 1. The van der Waals surface area contributed by atoms with E-state index in [1.807, 2.05) is 60.7 Å². The molecule has 0 saturated carbocycles. The van der Waals surface area contributed by atoms with E-state index in [4.69, 9.17) is 0 Å². The van der Waals surface area contributed by atoms with Crippen molar-refractivity contribution in [1.29, 1.82) is 0 Å². The molecular formula is C15H13FS. The van der Waals surface area contributed by atoms with Gasteiger partial charge in [0.15, 0.2) is 5.16 Å². The van der Waals surface area contributed by atoms with Gasteiger partial charge in [0.05, 0.1) is 0 Å². The van der Waals surface area contributed by atoms with Gasteiger partial charge in [-0.05, 0) is 17.2 Å². The summed E-state index contributed by atoms with van der Waals surface area (Å²) in [4.78, 5) is 0. The van der Waals surface area contributed by atoms with Crippen LogP contribution in [0.25, 0.3) is 6.08 Å². The van der Waals surface area contributed by atoms with Crippen LogP contribution >= 0.6 is 11.8 Å². The van der Waals surface area contributed by atoms with Gasteiger partial charge in [0.1, 0.15) is 0 Å². The monoisotopic (exact) mass is 244 g/mol. The highest BCUT2D eigenvalue weighted by Gasteiger charge is 1.98. The molecule has 0 N–H and O–H groups in total. The lowest BCUT2D eigenvalue weighted by molar-refractivity contribution is 0.706. The first-order chi connectivity index (χ1) is 8.34. The van der Waals surface area contributed by atoms with Gasteiger partial charge in [-0.15, -0.1) is 0 Å². The van der Waals surface area contributed by atoms with Crippen molar-refractivity contribution in [2.45, 2.75) is 5.75 Å². The van der Waals surface area contributed by atoms with Crippen LogP contribution in [-0.4, -0.2) is 0 Å². The molecule has 2 rings (SSSR count). The van der Waals surface area contributed by atoms with Crippen LogP contribution in [0.15, 0.2) is 65.8 Å². The molecule has 0 aliphatic rings. The smallest absolute Gasteiger partial charge is 0.157 e. The van der Waals surface area contributed by atoms with E-state index in [0.29, 0.717) is 5.75 Å². The summed E-state index contributed by atoms with van der Waals surface area (Å²) >= 11 is 1.22. The largest absolute Gasteiger partial charge is 0.199 e. The fourth-order valence-corrected chi connectivity index (χ4v) is 2.16. The molecular weight excluding hydrogens is 231 g/mol. The maximum Gasteiger partial charge on any atom is 0.157 e. The Morgan fingerprint density at radius 2 is 1.53 bits per heavy atom. The predicted molar refractivity (Wildman–Crippen MR) is 73.3 cm³/mol. The third-order valence-electron chi connectivity index (χ3n) is 2.30. The molecule has 0 spiro atoms. The number of thioether (sulfide) groups is 1. The van der Waals surface area contributed by atoms with Crippen LogP contribution in [0.2, 0.25) is 0 Å². The SMILES string of the molecule is F/C(=C/c1ccccc1)SCc1ccccc1. The van der Waals surface area contributed by atoms with Gasteiger partial charge in [-0.2, -0.15) is 4.39 Å². The third-order valence-corrected chi connectivity index (χ3v) is 3.17. The lowest BCUT2D eigenvalue weighted by Gasteiger charge is -1.99. The quantitative estimate of drug-likeness (QED) is 0.738. The standard InChI is InChI=1S/C15H13FS/c16-15(11-13-7-3-1-4-8-13)17-12-14-9-5-2-6-10-14/h1-11H,12H2/b15-11-. The first kappa shape index (κ1) is 11.9. The zero-order valence-corrected chi connectivity index (χ0v) is 10.2. The summed E-state index contributed by atoms with van der Waals surface area (Å²) in [5.41, 5.74) is 2.03. The highest BCUT2D eigenvalue weighted by molar-refractivity contribution is 8.02. The van der Waals surface area contributed by atoms with Gasteiger partial charge in [-0.1, -0.05) is 72.4 Å². The summed E-state index contributed by atoms with van der Waals surface area (Å²) < 4.78 is 13.6. The van der Waals surface area contributed by atoms with E-state index in [9.17, 15) is 4.39 Å². The molecule has 0 amide bonds. The van der Waals surface area contributed by atoms with Crippen LogP contribution in [0.3, 0.4) is 0 Å². The molecule has 0 fully saturated rings.